The summed E-state index contributed by atoms with van der Waals surface area (Å²) in [5.41, 5.74) is 0.290. The highest BCUT2D eigenvalue weighted by molar-refractivity contribution is 5.75. The first-order valence-electron chi connectivity index (χ1n) is 7.29. The Morgan fingerprint density at radius 1 is 1.17 bits per heavy atom. The molecule has 1 rings (SSSR count). The third kappa shape index (κ3) is 7.15. The van der Waals surface area contributed by atoms with Gasteiger partial charge in [0.25, 0.3) is 0 Å². The number of carbonyl (C=O) groups excluding carboxylic acids is 2. The molecule has 23 heavy (non-hydrogen) atoms. The molecule has 1 atom stereocenters. The van der Waals surface area contributed by atoms with Gasteiger partial charge in [-0.2, -0.15) is 0 Å². The Bertz CT molecular complexity index is 532. The zero-order valence-electron chi connectivity index (χ0n) is 14.3. The number of hydrogen-bond acceptors (Lipinski definition) is 6. The van der Waals surface area contributed by atoms with E-state index in [2.05, 4.69) is 4.74 Å². The van der Waals surface area contributed by atoms with Crippen LogP contribution in [0.25, 0.3) is 0 Å². The van der Waals surface area contributed by atoms with E-state index in [1.807, 2.05) is 6.07 Å². The SMILES string of the molecule is COC(=O)C(Cc1cccc(OCC(=O)OC(C)(C)C)c1)OC. The van der Waals surface area contributed by atoms with Crippen LogP contribution in [0.1, 0.15) is 26.3 Å². The van der Waals surface area contributed by atoms with E-state index in [1.165, 1.54) is 14.2 Å². The summed E-state index contributed by atoms with van der Waals surface area (Å²) >= 11 is 0. The minimum Gasteiger partial charge on any atom is -0.482 e. The highest BCUT2D eigenvalue weighted by Gasteiger charge is 2.19. The fourth-order valence-electron chi connectivity index (χ4n) is 1.88. The molecule has 0 N–H and O–H groups in total. The molecule has 6 heteroatoms. The Kier molecular flexibility index (Phi) is 7.03. The van der Waals surface area contributed by atoms with Gasteiger partial charge in [-0.3, -0.25) is 0 Å². The van der Waals surface area contributed by atoms with Crippen LogP contribution in [0.5, 0.6) is 5.75 Å². The van der Waals surface area contributed by atoms with Gasteiger partial charge in [-0.05, 0) is 38.5 Å². The van der Waals surface area contributed by atoms with Gasteiger partial charge in [-0.25, -0.2) is 9.59 Å². The van der Waals surface area contributed by atoms with E-state index in [9.17, 15) is 9.59 Å². The first kappa shape index (κ1) is 19.0. The van der Waals surface area contributed by atoms with Crippen LogP contribution in [0.3, 0.4) is 0 Å². The lowest BCUT2D eigenvalue weighted by molar-refractivity contribution is -0.157. The molecule has 1 aromatic carbocycles. The molecule has 0 spiro atoms. The van der Waals surface area contributed by atoms with Crippen LogP contribution < -0.4 is 4.74 Å². The molecule has 0 aliphatic rings. The average Bonchev–Trinajstić information content (AvgIpc) is 2.48. The fraction of sp³-hybridized carbons (Fsp3) is 0.529. The summed E-state index contributed by atoms with van der Waals surface area (Å²) in [6, 6.07) is 7.10. The second-order valence-electron chi connectivity index (χ2n) is 5.97. The number of benzene rings is 1. The van der Waals surface area contributed by atoms with Gasteiger partial charge in [-0.15, -0.1) is 0 Å². The van der Waals surface area contributed by atoms with Crippen LogP contribution in [-0.2, 0) is 30.2 Å². The molecule has 0 fully saturated rings. The highest BCUT2D eigenvalue weighted by atomic mass is 16.6. The van der Waals surface area contributed by atoms with E-state index in [4.69, 9.17) is 14.2 Å². The van der Waals surface area contributed by atoms with E-state index in [1.54, 1.807) is 39.0 Å². The number of carbonyl (C=O) groups is 2. The molecule has 1 unspecified atom stereocenters. The number of ether oxygens (including phenoxy) is 4. The maximum absolute atomic E-state index is 11.6. The van der Waals surface area contributed by atoms with Crippen molar-refractivity contribution in [1.29, 1.82) is 0 Å². The number of rotatable bonds is 7. The molecule has 0 aliphatic heterocycles. The molecule has 0 aliphatic carbocycles. The van der Waals surface area contributed by atoms with Crippen molar-refractivity contribution < 1.29 is 28.5 Å². The third-order valence-corrected chi connectivity index (χ3v) is 2.84. The van der Waals surface area contributed by atoms with Crippen molar-refractivity contribution in [2.75, 3.05) is 20.8 Å². The van der Waals surface area contributed by atoms with Crippen LogP contribution in [-0.4, -0.2) is 44.5 Å². The van der Waals surface area contributed by atoms with Crippen molar-refractivity contribution in [1.82, 2.24) is 0 Å². The molecular weight excluding hydrogens is 300 g/mol. The standard InChI is InChI=1S/C17H24O6/c1-17(2,3)23-15(18)11-22-13-8-6-7-12(9-13)10-14(20-4)16(19)21-5/h6-9,14H,10-11H2,1-5H3. The molecule has 1 aromatic rings. The summed E-state index contributed by atoms with van der Waals surface area (Å²) in [4.78, 5) is 23.2. The number of methoxy groups -OCH3 is 2. The lowest BCUT2D eigenvalue weighted by Gasteiger charge is -2.19. The van der Waals surface area contributed by atoms with Crippen LogP contribution in [0.4, 0.5) is 0 Å². The maximum atomic E-state index is 11.6. The quantitative estimate of drug-likeness (QED) is 0.716. The summed E-state index contributed by atoms with van der Waals surface area (Å²) in [5, 5.41) is 0. The summed E-state index contributed by atoms with van der Waals surface area (Å²) in [7, 11) is 2.76. The van der Waals surface area contributed by atoms with Crippen LogP contribution in [0, 0.1) is 0 Å². The summed E-state index contributed by atoms with van der Waals surface area (Å²) in [6.07, 6.45) is -0.326. The van der Waals surface area contributed by atoms with Crippen molar-refractivity contribution in [3.63, 3.8) is 0 Å². The van der Waals surface area contributed by atoms with Crippen molar-refractivity contribution in [3.05, 3.63) is 29.8 Å². The molecule has 0 saturated carbocycles. The minimum absolute atomic E-state index is 0.175. The molecule has 0 radical (unpaired) electrons. The zero-order valence-corrected chi connectivity index (χ0v) is 14.3. The maximum Gasteiger partial charge on any atom is 0.344 e. The van der Waals surface area contributed by atoms with Gasteiger partial charge in [0.2, 0.25) is 0 Å². The normalized spacial score (nSPS) is 12.4. The van der Waals surface area contributed by atoms with E-state index in [-0.39, 0.29) is 6.61 Å². The molecular formula is C17H24O6. The summed E-state index contributed by atoms with van der Waals surface area (Å²) in [5.74, 6) is -0.354. The van der Waals surface area contributed by atoms with Crippen LogP contribution in [0.15, 0.2) is 24.3 Å². The Morgan fingerprint density at radius 2 is 1.87 bits per heavy atom. The Hall–Kier alpha value is -2.08. The first-order chi connectivity index (χ1) is 10.7. The molecule has 0 heterocycles. The fourth-order valence-corrected chi connectivity index (χ4v) is 1.88. The highest BCUT2D eigenvalue weighted by Crippen LogP contribution is 2.16. The van der Waals surface area contributed by atoms with Gasteiger partial charge >= 0.3 is 11.9 Å². The molecule has 0 bridgehead atoms. The van der Waals surface area contributed by atoms with Gasteiger partial charge in [0.05, 0.1) is 7.11 Å². The smallest absolute Gasteiger partial charge is 0.344 e. The molecule has 0 amide bonds. The monoisotopic (exact) mass is 324 g/mol. The second-order valence-corrected chi connectivity index (χ2v) is 5.97. The molecule has 128 valence electrons. The lowest BCUT2D eigenvalue weighted by atomic mass is 10.1. The third-order valence-electron chi connectivity index (χ3n) is 2.84. The zero-order chi connectivity index (χ0) is 17.5. The predicted molar refractivity (Wildman–Crippen MR) is 84.3 cm³/mol. The Balaban J connectivity index is 2.63. The lowest BCUT2D eigenvalue weighted by Crippen LogP contribution is -2.27. The summed E-state index contributed by atoms with van der Waals surface area (Å²) in [6.45, 7) is 5.21. The van der Waals surface area contributed by atoms with Gasteiger partial charge in [0.15, 0.2) is 12.7 Å². The van der Waals surface area contributed by atoms with Crippen molar-refractivity contribution in [3.8, 4) is 5.75 Å². The Morgan fingerprint density at radius 3 is 2.43 bits per heavy atom. The average molecular weight is 324 g/mol. The van der Waals surface area contributed by atoms with E-state index in [0.717, 1.165) is 5.56 Å². The van der Waals surface area contributed by atoms with Crippen LogP contribution in [0.2, 0.25) is 0 Å². The molecule has 0 saturated heterocycles. The molecule has 0 aromatic heterocycles. The van der Waals surface area contributed by atoms with Crippen molar-refractivity contribution in [2.45, 2.75) is 38.9 Å². The summed E-state index contributed by atoms with van der Waals surface area (Å²) < 4.78 is 20.4. The van der Waals surface area contributed by atoms with Gasteiger partial charge < -0.3 is 18.9 Å². The van der Waals surface area contributed by atoms with Crippen molar-refractivity contribution >= 4 is 11.9 Å². The largest absolute Gasteiger partial charge is 0.482 e. The predicted octanol–water partition coefficient (Wildman–Crippen LogP) is 2.14. The number of esters is 2. The minimum atomic E-state index is -0.680. The molecule has 6 nitrogen and oxygen atoms in total. The van der Waals surface area contributed by atoms with E-state index < -0.39 is 23.6 Å². The van der Waals surface area contributed by atoms with Gasteiger partial charge in [0.1, 0.15) is 11.4 Å². The van der Waals surface area contributed by atoms with E-state index in [0.29, 0.717) is 12.2 Å². The number of hydrogen-bond donors (Lipinski definition) is 0. The topological polar surface area (TPSA) is 71.1 Å². The van der Waals surface area contributed by atoms with Gasteiger partial charge in [0, 0.05) is 13.5 Å². The van der Waals surface area contributed by atoms with Gasteiger partial charge in [-0.1, -0.05) is 12.1 Å². The first-order valence-corrected chi connectivity index (χ1v) is 7.29. The van der Waals surface area contributed by atoms with Crippen LogP contribution >= 0.6 is 0 Å². The Labute approximate surface area is 136 Å². The second kappa shape index (κ2) is 8.53. The van der Waals surface area contributed by atoms with E-state index >= 15 is 0 Å². The van der Waals surface area contributed by atoms with Crippen molar-refractivity contribution in [2.24, 2.45) is 0 Å².